The van der Waals surface area contributed by atoms with Gasteiger partial charge in [0, 0.05) is 42.3 Å². The van der Waals surface area contributed by atoms with E-state index in [1.165, 1.54) is 0 Å². The van der Waals surface area contributed by atoms with E-state index in [4.69, 9.17) is 11.6 Å². The third-order valence-electron chi connectivity index (χ3n) is 3.89. The third-order valence-corrected chi connectivity index (χ3v) is 4.97. The molecule has 1 aliphatic heterocycles. The monoisotopic (exact) mass is 350 g/mol. The lowest BCUT2D eigenvalue weighted by molar-refractivity contribution is 0.234. The van der Waals surface area contributed by atoms with Gasteiger partial charge in [0.2, 0.25) is 0 Å². The van der Waals surface area contributed by atoms with Gasteiger partial charge in [-0.15, -0.1) is 11.3 Å². The van der Waals surface area contributed by atoms with Crippen LogP contribution in [0.3, 0.4) is 0 Å². The van der Waals surface area contributed by atoms with E-state index in [2.05, 4.69) is 20.5 Å². The molecule has 1 aromatic carbocycles. The van der Waals surface area contributed by atoms with E-state index >= 15 is 0 Å². The van der Waals surface area contributed by atoms with Crippen LogP contribution in [0.25, 0.3) is 0 Å². The van der Waals surface area contributed by atoms with Crippen molar-refractivity contribution < 1.29 is 4.79 Å². The predicted octanol–water partition coefficient (Wildman–Crippen LogP) is 3.26. The van der Waals surface area contributed by atoms with E-state index in [0.717, 1.165) is 36.6 Å². The van der Waals surface area contributed by atoms with Gasteiger partial charge in [0.05, 0.1) is 0 Å². The molecule has 3 rings (SSSR count). The molecular formula is C16H19ClN4OS. The minimum atomic E-state index is -0.118. The van der Waals surface area contributed by atoms with E-state index in [-0.39, 0.29) is 12.1 Å². The van der Waals surface area contributed by atoms with E-state index in [0.29, 0.717) is 11.6 Å². The van der Waals surface area contributed by atoms with Gasteiger partial charge in [-0.2, -0.15) is 0 Å². The summed E-state index contributed by atoms with van der Waals surface area (Å²) in [5.74, 6) is 0. The number of halogens is 1. The summed E-state index contributed by atoms with van der Waals surface area (Å²) < 4.78 is 0. The number of amides is 2. The van der Waals surface area contributed by atoms with E-state index in [1.807, 2.05) is 35.8 Å². The molecule has 23 heavy (non-hydrogen) atoms. The van der Waals surface area contributed by atoms with Crippen molar-refractivity contribution in [3.8, 4) is 0 Å². The topological polar surface area (TPSA) is 57.3 Å². The summed E-state index contributed by atoms with van der Waals surface area (Å²) in [5.41, 5.74) is 1.03. The second-order valence-electron chi connectivity index (χ2n) is 5.53. The number of nitrogens with zero attached hydrogens (tertiary/aromatic N) is 2. The summed E-state index contributed by atoms with van der Waals surface area (Å²) in [4.78, 5) is 18.6. The van der Waals surface area contributed by atoms with Gasteiger partial charge in [-0.25, -0.2) is 9.78 Å². The zero-order chi connectivity index (χ0) is 16.1. The number of aromatic nitrogens is 1. The molecule has 0 spiro atoms. The number of hydrogen-bond donors (Lipinski definition) is 2. The van der Waals surface area contributed by atoms with Crippen molar-refractivity contribution in [3.05, 3.63) is 46.4 Å². The lowest BCUT2D eigenvalue weighted by Gasteiger charge is -2.32. The Labute approximate surface area is 144 Å². The highest BCUT2D eigenvalue weighted by atomic mass is 35.5. The van der Waals surface area contributed by atoms with E-state index in [9.17, 15) is 4.79 Å². The quantitative estimate of drug-likeness (QED) is 0.889. The smallest absolute Gasteiger partial charge is 0.315 e. The lowest BCUT2D eigenvalue weighted by Crippen LogP contribution is -2.47. The Morgan fingerprint density at radius 2 is 2.04 bits per heavy atom. The molecule has 1 aliphatic rings. The van der Waals surface area contributed by atoms with Crippen LogP contribution < -0.4 is 15.5 Å². The highest BCUT2D eigenvalue weighted by Gasteiger charge is 2.21. The van der Waals surface area contributed by atoms with Gasteiger partial charge in [-0.05, 0) is 30.5 Å². The van der Waals surface area contributed by atoms with Crippen molar-refractivity contribution in [1.29, 1.82) is 0 Å². The Morgan fingerprint density at radius 1 is 1.30 bits per heavy atom. The number of hydrogen-bond acceptors (Lipinski definition) is 4. The first-order chi connectivity index (χ1) is 11.2. The molecule has 5 nitrogen and oxygen atoms in total. The Hall–Kier alpha value is -1.79. The number of thiazole rings is 1. The van der Waals surface area contributed by atoms with Crippen molar-refractivity contribution in [1.82, 2.24) is 15.6 Å². The number of anilines is 1. The number of piperidine rings is 1. The van der Waals surface area contributed by atoms with Crippen molar-refractivity contribution in [3.63, 3.8) is 0 Å². The second kappa shape index (κ2) is 7.66. The summed E-state index contributed by atoms with van der Waals surface area (Å²) in [6, 6.07) is 7.57. The van der Waals surface area contributed by atoms with Crippen molar-refractivity contribution in [2.75, 3.05) is 18.0 Å². The van der Waals surface area contributed by atoms with Crippen molar-refractivity contribution in [2.45, 2.75) is 25.4 Å². The maximum atomic E-state index is 12.0. The van der Waals surface area contributed by atoms with Gasteiger partial charge >= 0.3 is 6.03 Å². The maximum Gasteiger partial charge on any atom is 0.315 e. The molecule has 0 atom stereocenters. The molecule has 1 saturated heterocycles. The molecule has 2 amide bonds. The highest BCUT2D eigenvalue weighted by molar-refractivity contribution is 7.13. The van der Waals surface area contributed by atoms with Gasteiger partial charge in [0.1, 0.15) is 0 Å². The molecule has 1 fully saturated rings. The molecule has 2 aromatic rings. The minimum Gasteiger partial charge on any atom is -0.348 e. The molecule has 1 aromatic heterocycles. The molecular weight excluding hydrogens is 332 g/mol. The number of urea groups is 1. The summed E-state index contributed by atoms with van der Waals surface area (Å²) in [7, 11) is 0. The van der Waals surface area contributed by atoms with Crippen LogP contribution in [0.2, 0.25) is 5.02 Å². The van der Waals surface area contributed by atoms with Gasteiger partial charge in [0.25, 0.3) is 0 Å². The van der Waals surface area contributed by atoms with Crippen LogP contribution in [0.1, 0.15) is 18.4 Å². The standard InChI is InChI=1S/C16H19ClN4OS/c17-13-3-1-12(2-4-13)11-19-15(22)20-14-5-8-21(9-6-14)16-18-7-10-23-16/h1-4,7,10,14H,5-6,8-9,11H2,(H2,19,20,22). The highest BCUT2D eigenvalue weighted by Crippen LogP contribution is 2.21. The number of nitrogens with one attached hydrogen (secondary N) is 2. The normalized spacial score (nSPS) is 15.4. The predicted molar refractivity (Wildman–Crippen MR) is 94.2 cm³/mol. The Morgan fingerprint density at radius 3 is 2.70 bits per heavy atom. The molecule has 2 N–H and O–H groups in total. The maximum absolute atomic E-state index is 12.0. The molecule has 0 unspecified atom stereocenters. The van der Waals surface area contributed by atoms with Gasteiger partial charge in [-0.3, -0.25) is 0 Å². The molecule has 0 bridgehead atoms. The van der Waals surface area contributed by atoms with Gasteiger partial charge in [0.15, 0.2) is 5.13 Å². The number of carbonyl (C=O) groups is 1. The lowest BCUT2D eigenvalue weighted by atomic mass is 10.1. The summed E-state index contributed by atoms with van der Waals surface area (Å²) in [6.07, 6.45) is 3.70. The molecule has 0 aliphatic carbocycles. The van der Waals surface area contributed by atoms with Crippen LogP contribution in [0.5, 0.6) is 0 Å². The Balaban J connectivity index is 1.40. The average Bonchev–Trinajstić information content (AvgIpc) is 3.09. The van der Waals surface area contributed by atoms with Crippen molar-refractivity contribution in [2.24, 2.45) is 0 Å². The number of benzene rings is 1. The van der Waals surface area contributed by atoms with Crippen LogP contribution in [-0.4, -0.2) is 30.1 Å². The molecule has 122 valence electrons. The fourth-order valence-electron chi connectivity index (χ4n) is 2.61. The average molecular weight is 351 g/mol. The molecule has 0 radical (unpaired) electrons. The van der Waals surface area contributed by atoms with Crippen LogP contribution >= 0.6 is 22.9 Å². The van der Waals surface area contributed by atoms with Crippen LogP contribution in [0.4, 0.5) is 9.93 Å². The summed E-state index contributed by atoms with van der Waals surface area (Å²) in [5, 5.41) is 9.69. The van der Waals surface area contributed by atoms with Gasteiger partial charge in [-0.1, -0.05) is 23.7 Å². The van der Waals surface area contributed by atoms with Crippen molar-refractivity contribution >= 4 is 34.1 Å². The largest absolute Gasteiger partial charge is 0.348 e. The van der Waals surface area contributed by atoms with Gasteiger partial charge < -0.3 is 15.5 Å². The minimum absolute atomic E-state index is 0.118. The van der Waals surface area contributed by atoms with E-state index < -0.39 is 0 Å². The molecule has 2 heterocycles. The first-order valence-corrected chi connectivity index (χ1v) is 8.90. The molecule has 0 saturated carbocycles. The zero-order valence-corrected chi connectivity index (χ0v) is 14.2. The first kappa shape index (κ1) is 16.1. The second-order valence-corrected chi connectivity index (χ2v) is 6.84. The summed E-state index contributed by atoms with van der Waals surface area (Å²) in [6.45, 7) is 2.35. The van der Waals surface area contributed by atoms with E-state index in [1.54, 1.807) is 11.3 Å². The molecule has 7 heteroatoms. The third kappa shape index (κ3) is 4.59. The fourth-order valence-corrected chi connectivity index (χ4v) is 3.43. The number of rotatable bonds is 4. The first-order valence-electron chi connectivity index (χ1n) is 7.64. The van der Waals surface area contributed by atoms with Crippen LogP contribution in [0, 0.1) is 0 Å². The number of carbonyl (C=O) groups excluding carboxylic acids is 1. The SMILES string of the molecule is O=C(NCc1ccc(Cl)cc1)NC1CCN(c2nccs2)CC1. The van der Waals surface area contributed by atoms with Crippen LogP contribution in [-0.2, 0) is 6.54 Å². The summed E-state index contributed by atoms with van der Waals surface area (Å²) >= 11 is 7.50. The zero-order valence-electron chi connectivity index (χ0n) is 12.7. The Kier molecular flexibility index (Phi) is 5.35. The van der Waals surface area contributed by atoms with Crippen LogP contribution in [0.15, 0.2) is 35.8 Å². The Bertz CT molecular complexity index is 624. The fraction of sp³-hybridized carbons (Fsp3) is 0.375.